The number of rotatable bonds is 5. The van der Waals surface area contributed by atoms with E-state index >= 15 is 0 Å². The fourth-order valence-corrected chi connectivity index (χ4v) is 3.11. The lowest BCUT2D eigenvalue weighted by molar-refractivity contribution is -0.128. The normalized spacial score (nSPS) is 11.6. The molecule has 0 aliphatic heterocycles. The SMILES string of the molecule is CC(=O)NC(Cc1c[nH]c2ccccc12)C(=O)NNC(=O)c1ccccc1Cl. The van der Waals surface area contributed by atoms with E-state index in [1.165, 1.54) is 6.92 Å². The van der Waals surface area contributed by atoms with E-state index in [-0.39, 0.29) is 22.9 Å². The molecule has 4 N–H and O–H groups in total. The fourth-order valence-electron chi connectivity index (χ4n) is 2.89. The fraction of sp³-hybridized carbons (Fsp3) is 0.150. The van der Waals surface area contributed by atoms with Crippen molar-refractivity contribution in [3.63, 3.8) is 0 Å². The number of carbonyl (C=O) groups excluding carboxylic acids is 3. The molecule has 3 rings (SSSR count). The third kappa shape index (κ3) is 4.50. The maximum absolute atomic E-state index is 12.6. The molecular weight excluding hydrogens is 380 g/mol. The number of halogens is 1. The van der Waals surface area contributed by atoms with Gasteiger partial charge in [-0.2, -0.15) is 0 Å². The first kappa shape index (κ1) is 19.4. The van der Waals surface area contributed by atoms with E-state index in [9.17, 15) is 14.4 Å². The van der Waals surface area contributed by atoms with Crippen molar-refractivity contribution in [2.75, 3.05) is 0 Å². The minimum atomic E-state index is -0.858. The molecule has 0 saturated carbocycles. The van der Waals surface area contributed by atoms with Gasteiger partial charge in [0, 0.05) is 30.4 Å². The molecule has 0 fully saturated rings. The molecule has 28 heavy (non-hydrogen) atoms. The molecule has 3 aromatic rings. The highest BCUT2D eigenvalue weighted by molar-refractivity contribution is 6.33. The van der Waals surface area contributed by atoms with Gasteiger partial charge in [-0.3, -0.25) is 25.2 Å². The molecule has 1 atom stereocenters. The van der Waals surface area contributed by atoms with Gasteiger partial charge in [0.2, 0.25) is 5.91 Å². The molecule has 1 heterocycles. The van der Waals surface area contributed by atoms with Gasteiger partial charge in [-0.1, -0.05) is 41.9 Å². The van der Waals surface area contributed by atoms with Crippen LogP contribution in [-0.2, 0) is 16.0 Å². The van der Waals surface area contributed by atoms with E-state index < -0.39 is 17.9 Å². The van der Waals surface area contributed by atoms with Crippen LogP contribution in [0.25, 0.3) is 10.9 Å². The molecule has 0 radical (unpaired) electrons. The monoisotopic (exact) mass is 398 g/mol. The number of nitrogens with one attached hydrogen (secondary N) is 4. The Kier molecular flexibility index (Phi) is 5.96. The maximum atomic E-state index is 12.6. The summed E-state index contributed by atoms with van der Waals surface area (Å²) in [5, 5.41) is 3.85. The molecule has 0 aliphatic rings. The third-order valence-corrected chi connectivity index (χ3v) is 4.54. The van der Waals surface area contributed by atoms with Crippen LogP contribution >= 0.6 is 11.6 Å². The number of hydrogen-bond donors (Lipinski definition) is 4. The van der Waals surface area contributed by atoms with E-state index in [2.05, 4.69) is 21.2 Å². The summed E-state index contributed by atoms with van der Waals surface area (Å²) in [4.78, 5) is 39.5. The highest BCUT2D eigenvalue weighted by atomic mass is 35.5. The summed E-state index contributed by atoms with van der Waals surface area (Å²) >= 11 is 5.98. The van der Waals surface area contributed by atoms with Gasteiger partial charge in [0.1, 0.15) is 6.04 Å². The Labute approximate surface area is 166 Å². The molecule has 3 amide bonds. The lowest BCUT2D eigenvalue weighted by Crippen LogP contribution is -2.52. The number of hydrazine groups is 1. The zero-order valence-electron chi connectivity index (χ0n) is 15.1. The molecule has 0 aliphatic carbocycles. The molecular formula is C20H19ClN4O3. The summed E-state index contributed by atoms with van der Waals surface area (Å²) in [7, 11) is 0. The van der Waals surface area contributed by atoms with Crippen LogP contribution in [0.3, 0.4) is 0 Å². The first-order valence-corrected chi connectivity index (χ1v) is 9.00. The van der Waals surface area contributed by atoms with Crippen molar-refractivity contribution < 1.29 is 14.4 Å². The van der Waals surface area contributed by atoms with Crippen LogP contribution < -0.4 is 16.2 Å². The Bertz CT molecular complexity index is 1030. The molecule has 0 spiro atoms. The van der Waals surface area contributed by atoms with Crippen LogP contribution in [0, 0.1) is 0 Å². The highest BCUT2D eigenvalue weighted by Crippen LogP contribution is 2.19. The average Bonchev–Trinajstić information content (AvgIpc) is 3.08. The van der Waals surface area contributed by atoms with Crippen molar-refractivity contribution in [2.24, 2.45) is 0 Å². The van der Waals surface area contributed by atoms with E-state index in [4.69, 9.17) is 11.6 Å². The number of amides is 3. The second-order valence-corrected chi connectivity index (χ2v) is 6.65. The number of carbonyl (C=O) groups is 3. The predicted molar refractivity (Wildman–Crippen MR) is 107 cm³/mol. The van der Waals surface area contributed by atoms with Crippen molar-refractivity contribution in [1.29, 1.82) is 0 Å². The van der Waals surface area contributed by atoms with E-state index in [1.807, 2.05) is 24.3 Å². The van der Waals surface area contributed by atoms with Crippen LogP contribution in [0.4, 0.5) is 0 Å². The first-order chi connectivity index (χ1) is 13.5. The minimum absolute atomic E-state index is 0.233. The van der Waals surface area contributed by atoms with E-state index in [1.54, 1.807) is 30.5 Å². The first-order valence-electron chi connectivity index (χ1n) is 8.62. The molecule has 2 aromatic carbocycles. The molecule has 0 bridgehead atoms. The van der Waals surface area contributed by atoms with Crippen LogP contribution in [0.1, 0.15) is 22.8 Å². The number of fused-ring (bicyclic) bond motifs is 1. The van der Waals surface area contributed by atoms with Gasteiger partial charge < -0.3 is 10.3 Å². The zero-order chi connectivity index (χ0) is 20.1. The van der Waals surface area contributed by atoms with Crippen molar-refractivity contribution in [1.82, 2.24) is 21.2 Å². The summed E-state index contributed by atoms with van der Waals surface area (Å²) in [6.45, 7) is 1.33. The second kappa shape index (κ2) is 8.58. The second-order valence-electron chi connectivity index (χ2n) is 6.24. The zero-order valence-corrected chi connectivity index (χ0v) is 15.8. The molecule has 8 heteroatoms. The number of hydrogen-bond acceptors (Lipinski definition) is 3. The van der Waals surface area contributed by atoms with Gasteiger partial charge in [-0.25, -0.2) is 0 Å². The summed E-state index contributed by atoms with van der Waals surface area (Å²) in [5.41, 5.74) is 6.73. The average molecular weight is 399 g/mol. The van der Waals surface area contributed by atoms with Crippen molar-refractivity contribution >= 4 is 40.2 Å². The molecule has 0 saturated heterocycles. The van der Waals surface area contributed by atoms with Gasteiger partial charge in [-0.15, -0.1) is 0 Å². The largest absolute Gasteiger partial charge is 0.361 e. The number of benzene rings is 2. The molecule has 1 aromatic heterocycles. The topological polar surface area (TPSA) is 103 Å². The number of H-pyrrole nitrogens is 1. The van der Waals surface area contributed by atoms with Crippen LogP contribution in [-0.4, -0.2) is 28.7 Å². The number of aromatic amines is 1. The Morgan fingerprint density at radius 2 is 1.75 bits per heavy atom. The maximum Gasteiger partial charge on any atom is 0.271 e. The van der Waals surface area contributed by atoms with Crippen molar-refractivity contribution in [2.45, 2.75) is 19.4 Å². The lowest BCUT2D eigenvalue weighted by Gasteiger charge is -2.18. The summed E-state index contributed by atoms with van der Waals surface area (Å²) in [6, 6.07) is 13.3. The Hall–Kier alpha value is -3.32. The Balaban J connectivity index is 1.70. The lowest BCUT2D eigenvalue weighted by atomic mass is 10.0. The Morgan fingerprint density at radius 1 is 1.04 bits per heavy atom. The van der Waals surface area contributed by atoms with Crippen LogP contribution in [0.5, 0.6) is 0 Å². The van der Waals surface area contributed by atoms with Gasteiger partial charge in [0.15, 0.2) is 0 Å². The molecule has 1 unspecified atom stereocenters. The highest BCUT2D eigenvalue weighted by Gasteiger charge is 2.22. The van der Waals surface area contributed by atoms with Crippen LogP contribution in [0.15, 0.2) is 54.7 Å². The van der Waals surface area contributed by atoms with Gasteiger partial charge in [0.25, 0.3) is 11.8 Å². The molecule has 144 valence electrons. The third-order valence-electron chi connectivity index (χ3n) is 4.21. The van der Waals surface area contributed by atoms with Crippen molar-refractivity contribution in [3.8, 4) is 0 Å². The van der Waals surface area contributed by atoms with Crippen molar-refractivity contribution in [3.05, 3.63) is 70.9 Å². The van der Waals surface area contributed by atoms with E-state index in [0.717, 1.165) is 16.5 Å². The van der Waals surface area contributed by atoms with Gasteiger partial charge >= 0.3 is 0 Å². The number of para-hydroxylation sites is 1. The summed E-state index contributed by atoms with van der Waals surface area (Å²) < 4.78 is 0. The van der Waals surface area contributed by atoms with Gasteiger partial charge in [0.05, 0.1) is 10.6 Å². The summed E-state index contributed by atoms with van der Waals surface area (Å²) in [6.07, 6.45) is 2.06. The van der Waals surface area contributed by atoms with Crippen LogP contribution in [0.2, 0.25) is 5.02 Å². The predicted octanol–water partition coefficient (Wildman–Crippen LogP) is 2.33. The Morgan fingerprint density at radius 3 is 2.50 bits per heavy atom. The standard InChI is InChI=1S/C20H19ClN4O3/c1-12(26)23-18(10-13-11-22-17-9-5-3-6-14(13)17)20(28)25-24-19(27)15-7-2-4-8-16(15)21/h2-9,11,18,22H,10H2,1H3,(H,23,26)(H,24,27)(H,25,28). The molecule has 7 nitrogen and oxygen atoms in total. The quantitative estimate of drug-likeness (QED) is 0.496. The van der Waals surface area contributed by atoms with Gasteiger partial charge in [-0.05, 0) is 23.8 Å². The smallest absolute Gasteiger partial charge is 0.271 e. The minimum Gasteiger partial charge on any atom is -0.361 e. The number of aromatic nitrogens is 1. The van der Waals surface area contributed by atoms with E-state index in [0.29, 0.717) is 0 Å². The summed E-state index contributed by atoms with van der Waals surface area (Å²) in [5.74, 6) is -1.44.